The van der Waals surface area contributed by atoms with E-state index >= 15 is 0 Å². The lowest BCUT2D eigenvalue weighted by molar-refractivity contribution is -0.481. The summed E-state index contributed by atoms with van der Waals surface area (Å²) in [7, 11) is 0. The van der Waals surface area contributed by atoms with Gasteiger partial charge in [0.05, 0.1) is 5.92 Å². The molecule has 126 valence electrons. The van der Waals surface area contributed by atoms with Crippen LogP contribution in [-0.2, 0) is 0 Å². The average Bonchev–Trinajstić information content (AvgIpc) is 3.05. The lowest BCUT2D eigenvalue weighted by atomic mass is 9.89. The third-order valence-electron chi connectivity index (χ3n) is 4.40. The molecule has 0 radical (unpaired) electrons. The van der Waals surface area contributed by atoms with Crippen molar-refractivity contribution >= 4 is 10.8 Å². The van der Waals surface area contributed by atoms with Crippen molar-refractivity contribution in [2.75, 3.05) is 13.3 Å². The molecule has 0 bridgehead atoms. The standard InChI is InChI=1S/C19H15NO5/c21-17-9-19-18(24-11-25-19)8-15(17)16(10-20(22)23)14-6-5-12-3-1-2-4-13(12)7-14/h1-9,16,21H,10-11H2. The van der Waals surface area contributed by atoms with Crippen molar-refractivity contribution in [3.8, 4) is 17.2 Å². The Kier molecular flexibility index (Phi) is 3.65. The predicted molar refractivity (Wildman–Crippen MR) is 91.9 cm³/mol. The zero-order valence-electron chi connectivity index (χ0n) is 13.2. The van der Waals surface area contributed by atoms with Crippen LogP contribution in [0.2, 0.25) is 0 Å². The molecule has 6 heteroatoms. The minimum absolute atomic E-state index is 0.0377. The molecular weight excluding hydrogens is 322 g/mol. The van der Waals surface area contributed by atoms with Crippen LogP contribution in [0.25, 0.3) is 10.8 Å². The quantitative estimate of drug-likeness (QED) is 0.580. The van der Waals surface area contributed by atoms with E-state index in [9.17, 15) is 15.2 Å². The molecule has 0 aliphatic carbocycles. The fourth-order valence-electron chi connectivity index (χ4n) is 3.18. The molecule has 3 aromatic rings. The van der Waals surface area contributed by atoms with Crippen LogP contribution in [-0.4, -0.2) is 23.4 Å². The Hall–Kier alpha value is -3.28. The molecule has 1 aliphatic heterocycles. The van der Waals surface area contributed by atoms with Gasteiger partial charge in [-0.3, -0.25) is 10.1 Å². The first-order valence-electron chi connectivity index (χ1n) is 7.85. The third kappa shape index (κ3) is 2.82. The topological polar surface area (TPSA) is 81.8 Å². The van der Waals surface area contributed by atoms with Crippen molar-refractivity contribution < 1.29 is 19.5 Å². The van der Waals surface area contributed by atoms with Crippen LogP contribution in [0, 0.1) is 10.1 Å². The van der Waals surface area contributed by atoms with E-state index in [4.69, 9.17) is 9.47 Å². The first-order chi connectivity index (χ1) is 12.1. The van der Waals surface area contributed by atoms with Crippen LogP contribution in [0.1, 0.15) is 17.0 Å². The Labute approximate surface area is 143 Å². The number of ether oxygens (including phenoxy) is 2. The Morgan fingerprint density at radius 2 is 1.76 bits per heavy atom. The van der Waals surface area contributed by atoms with Crippen molar-refractivity contribution in [2.24, 2.45) is 0 Å². The highest BCUT2D eigenvalue weighted by atomic mass is 16.7. The molecule has 4 rings (SSSR count). The Bertz CT molecular complexity index is 969. The molecule has 1 aliphatic rings. The number of hydrogen-bond acceptors (Lipinski definition) is 5. The number of rotatable bonds is 4. The minimum atomic E-state index is -0.589. The molecule has 0 spiro atoms. The Morgan fingerprint density at radius 1 is 1.04 bits per heavy atom. The van der Waals surface area contributed by atoms with E-state index in [1.54, 1.807) is 6.07 Å². The molecule has 0 saturated carbocycles. The molecule has 1 heterocycles. The first kappa shape index (κ1) is 15.3. The molecule has 1 unspecified atom stereocenters. The van der Waals surface area contributed by atoms with E-state index in [1.807, 2.05) is 42.5 Å². The van der Waals surface area contributed by atoms with Gasteiger partial charge in [0.25, 0.3) is 0 Å². The lowest BCUT2D eigenvalue weighted by Gasteiger charge is -2.16. The summed E-state index contributed by atoms with van der Waals surface area (Å²) in [5.74, 6) is 0.305. The van der Waals surface area contributed by atoms with Gasteiger partial charge in [-0.2, -0.15) is 0 Å². The summed E-state index contributed by atoms with van der Waals surface area (Å²) in [6, 6.07) is 16.6. The average molecular weight is 337 g/mol. The van der Waals surface area contributed by atoms with Gasteiger partial charge in [0, 0.05) is 16.6 Å². The number of benzene rings is 3. The second-order valence-corrected chi connectivity index (χ2v) is 5.94. The van der Waals surface area contributed by atoms with Crippen molar-refractivity contribution in [3.63, 3.8) is 0 Å². The molecule has 3 aromatic carbocycles. The fourth-order valence-corrected chi connectivity index (χ4v) is 3.18. The molecule has 0 fully saturated rings. The highest BCUT2D eigenvalue weighted by Gasteiger charge is 2.27. The summed E-state index contributed by atoms with van der Waals surface area (Å²) in [6.07, 6.45) is 0. The van der Waals surface area contributed by atoms with Gasteiger partial charge in [-0.1, -0.05) is 42.5 Å². The van der Waals surface area contributed by atoms with E-state index in [0.717, 1.165) is 16.3 Å². The van der Waals surface area contributed by atoms with Crippen molar-refractivity contribution in [3.05, 3.63) is 75.8 Å². The highest BCUT2D eigenvalue weighted by molar-refractivity contribution is 5.83. The van der Waals surface area contributed by atoms with Gasteiger partial charge in [-0.05, 0) is 22.4 Å². The first-order valence-corrected chi connectivity index (χ1v) is 7.85. The number of phenols is 1. The molecule has 1 atom stereocenters. The van der Waals surface area contributed by atoms with Gasteiger partial charge < -0.3 is 14.6 Å². The molecule has 6 nitrogen and oxygen atoms in total. The maximum absolute atomic E-state index is 11.2. The Morgan fingerprint density at radius 3 is 2.52 bits per heavy atom. The minimum Gasteiger partial charge on any atom is -0.507 e. The number of hydrogen-bond donors (Lipinski definition) is 1. The highest BCUT2D eigenvalue weighted by Crippen LogP contribution is 2.42. The third-order valence-corrected chi connectivity index (χ3v) is 4.40. The molecule has 1 N–H and O–H groups in total. The van der Waals surface area contributed by atoms with Gasteiger partial charge in [0.1, 0.15) is 5.75 Å². The molecule has 0 aromatic heterocycles. The van der Waals surface area contributed by atoms with Crippen LogP contribution in [0.15, 0.2) is 54.6 Å². The lowest BCUT2D eigenvalue weighted by Crippen LogP contribution is -2.14. The van der Waals surface area contributed by atoms with Crippen LogP contribution in [0.4, 0.5) is 0 Å². The van der Waals surface area contributed by atoms with Crippen LogP contribution >= 0.6 is 0 Å². The summed E-state index contributed by atoms with van der Waals surface area (Å²) in [5.41, 5.74) is 1.22. The van der Waals surface area contributed by atoms with Crippen molar-refractivity contribution in [1.82, 2.24) is 0 Å². The molecule has 0 amide bonds. The number of aromatic hydroxyl groups is 1. The van der Waals surface area contributed by atoms with E-state index in [1.165, 1.54) is 6.07 Å². The SMILES string of the molecule is O=[N+]([O-])CC(c1ccc2ccccc2c1)c1cc2c(cc1O)OCO2. The number of phenolic OH excluding ortho intramolecular Hbond substituents is 1. The normalized spacial score (nSPS) is 13.8. The molecular formula is C19H15NO5. The fraction of sp³-hybridized carbons (Fsp3) is 0.158. The zero-order valence-corrected chi connectivity index (χ0v) is 13.2. The summed E-state index contributed by atoms with van der Waals surface area (Å²) < 4.78 is 10.6. The van der Waals surface area contributed by atoms with E-state index < -0.39 is 5.92 Å². The predicted octanol–water partition coefficient (Wildman–Crippen LogP) is 3.68. The largest absolute Gasteiger partial charge is 0.507 e. The molecule has 0 saturated heterocycles. The van der Waals surface area contributed by atoms with Crippen molar-refractivity contribution in [1.29, 1.82) is 0 Å². The van der Waals surface area contributed by atoms with Crippen LogP contribution in [0.5, 0.6) is 17.2 Å². The number of nitro groups is 1. The summed E-state index contributed by atoms with van der Waals surface area (Å²) in [6.45, 7) is -0.250. The number of nitrogens with zero attached hydrogens (tertiary/aromatic N) is 1. The van der Waals surface area contributed by atoms with Gasteiger partial charge in [-0.15, -0.1) is 0 Å². The summed E-state index contributed by atoms with van der Waals surface area (Å²) >= 11 is 0. The van der Waals surface area contributed by atoms with Crippen molar-refractivity contribution in [2.45, 2.75) is 5.92 Å². The smallest absolute Gasteiger partial charge is 0.231 e. The van der Waals surface area contributed by atoms with Gasteiger partial charge in [0.15, 0.2) is 11.5 Å². The van der Waals surface area contributed by atoms with Gasteiger partial charge >= 0.3 is 0 Å². The van der Waals surface area contributed by atoms with E-state index in [-0.39, 0.29) is 24.0 Å². The monoisotopic (exact) mass is 337 g/mol. The zero-order chi connectivity index (χ0) is 17.4. The van der Waals surface area contributed by atoms with E-state index in [2.05, 4.69) is 0 Å². The van der Waals surface area contributed by atoms with Gasteiger partial charge in [-0.25, -0.2) is 0 Å². The summed E-state index contributed by atoms with van der Waals surface area (Å²) in [4.78, 5) is 10.9. The maximum Gasteiger partial charge on any atom is 0.231 e. The molecule has 25 heavy (non-hydrogen) atoms. The second kappa shape index (κ2) is 5.98. The van der Waals surface area contributed by atoms with Crippen LogP contribution in [0.3, 0.4) is 0 Å². The number of fused-ring (bicyclic) bond motifs is 2. The second-order valence-electron chi connectivity index (χ2n) is 5.94. The van der Waals surface area contributed by atoms with Crippen LogP contribution < -0.4 is 9.47 Å². The van der Waals surface area contributed by atoms with Gasteiger partial charge in [0.2, 0.25) is 13.3 Å². The van der Waals surface area contributed by atoms with E-state index in [0.29, 0.717) is 17.1 Å². The summed E-state index contributed by atoms with van der Waals surface area (Å²) in [5, 5.41) is 23.7. The Balaban J connectivity index is 1.84. The maximum atomic E-state index is 11.2.